The Morgan fingerprint density at radius 3 is 2.69 bits per heavy atom. The minimum Gasteiger partial charge on any atom is -0.348 e. The van der Waals surface area contributed by atoms with Crippen molar-refractivity contribution in [3.05, 3.63) is 53.6 Å². The molecule has 7 nitrogen and oxygen atoms in total. The number of quaternary nitrogens is 1. The van der Waals surface area contributed by atoms with Gasteiger partial charge in [-0.05, 0) is 48.2 Å². The minimum absolute atomic E-state index is 0.0529. The van der Waals surface area contributed by atoms with E-state index >= 15 is 0 Å². The summed E-state index contributed by atoms with van der Waals surface area (Å²) in [6.07, 6.45) is -3.66. The molecule has 3 aliphatic rings. The van der Waals surface area contributed by atoms with E-state index in [1.165, 1.54) is 17.0 Å². The van der Waals surface area contributed by atoms with Crippen molar-refractivity contribution in [1.29, 1.82) is 0 Å². The zero-order chi connectivity index (χ0) is 24.7. The molecular weight excluding hydrogens is 481 g/mol. The number of nitrogens with zero attached hydrogens (tertiary/aromatic N) is 1. The second kappa shape index (κ2) is 9.19. The number of hydrogen-bond donors (Lipinski definition) is 3. The molecule has 0 bridgehead atoms. The van der Waals surface area contributed by atoms with Gasteiger partial charge in [0.1, 0.15) is 11.9 Å². The standard InChI is InChI=1S/C24H23F3N4O3S/c25-24(26,27)15-3-1-2-13(8-15)14-4-5-18-17(9-14)23(34)31-7-6-16(10-20(31)22(33)30-18)29-21(32)19-11-35-12-28-19/h1-5,8-9,16,19-20,28H,6-7,10-12H2,(H,29,32)(H,30,33)/p+1/t16-,19-,20-/m0/s1. The Labute approximate surface area is 203 Å². The van der Waals surface area contributed by atoms with Gasteiger partial charge in [-0.1, -0.05) is 30.0 Å². The summed E-state index contributed by atoms with van der Waals surface area (Å²) in [5, 5.41) is 7.80. The van der Waals surface area contributed by atoms with E-state index in [0.717, 1.165) is 23.8 Å². The Bertz CT molecular complexity index is 1180. The molecule has 3 heterocycles. The summed E-state index contributed by atoms with van der Waals surface area (Å²) in [5.74, 6) is 0.837. The van der Waals surface area contributed by atoms with E-state index in [9.17, 15) is 27.6 Å². The third-order valence-corrected chi connectivity index (χ3v) is 7.70. The van der Waals surface area contributed by atoms with Crippen molar-refractivity contribution >= 4 is 35.2 Å². The van der Waals surface area contributed by atoms with Crippen LogP contribution in [0.4, 0.5) is 18.9 Å². The molecule has 3 atom stereocenters. The van der Waals surface area contributed by atoms with Crippen LogP contribution in [-0.2, 0) is 15.8 Å². The van der Waals surface area contributed by atoms with Crippen LogP contribution < -0.4 is 16.0 Å². The first-order valence-corrected chi connectivity index (χ1v) is 12.5. The third kappa shape index (κ3) is 4.74. The highest BCUT2D eigenvalue weighted by atomic mass is 32.2. The van der Waals surface area contributed by atoms with E-state index in [2.05, 4.69) is 10.6 Å². The molecule has 3 amide bonds. The van der Waals surface area contributed by atoms with Gasteiger partial charge in [0.2, 0.25) is 5.91 Å². The second-order valence-corrected chi connectivity index (χ2v) is 10.0. The van der Waals surface area contributed by atoms with E-state index < -0.39 is 17.8 Å². The summed E-state index contributed by atoms with van der Waals surface area (Å²) in [6.45, 7) is 0.290. The molecule has 2 saturated heterocycles. The van der Waals surface area contributed by atoms with E-state index in [4.69, 9.17) is 0 Å². The molecule has 0 aromatic heterocycles. The molecule has 5 rings (SSSR count). The van der Waals surface area contributed by atoms with Gasteiger partial charge < -0.3 is 20.9 Å². The van der Waals surface area contributed by atoms with Crippen LogP contribution in [0.15, 0.2) is 42.5 Å². The first kappa shape index (κ1) is 23.7. The number of carbonyl (C=O) groups is 3. The van der Waals surface area contributed by atoms with Gasteiger partial charge in [-0.3, -0.25) is 14.4 Å². The fourth-order valence-electron chi connectivity index (χ4n) is 4.78. The molecule has 2 aromatic carbocycles. The van der Waals surface area contributed by atoms with Crippen LogP contribution in [0.1, 0.15) is 28.8 Å². The molecule has 11 heteroatoms. The van der Waals surface area contributed by atoms with Crippen LogP contribution >= 0.6 is 11.8 Å². The van der Waals surface area contributed by atoms with Crippen LogP contribution in [0.25, 0.3) is 11.1 Å². The van der Waals surface area contributed by atoms with Crippen molar-refractivity contribution in [1.82, 2.24) is 10.2 Å². The molecule has 0 spiro atoms. The average molecular weight is 506 g/mol. The Balaban J connectivity index is 1.37. The maximum absolute atomic E-state index is 13.4. The summed E-state index contributed by atoms with van der Waals surface area (Å²) in [6, 6.07) is 8.47. The number of nitrogens with two attached hydrogens (primary N) is 1. The van der Waals surface area contributed by atoms with Gasteiger partial charge in [0.05, 0.1) is 22.6 Å². The molecule has 0 unspecified atom stereocenters. The smallest absolute Gasteiger partial charge is 0.348 e. The fraction of sp³-hybridized carbons (Fsp3) is 0.375. The van der Waals surface area contributed by atoms with E-state index in [1.807, 2.05) is 5.32 Å². The lowest BCUT2D eigenvalue weighted by Crippen LogP contribution is -2.89. The summed E-state index contributed by atoms with van der Waals surface area (Å²) < 4.78 is 39.5. The van der Waals surface area contributed by atoms with Crippen molar-refractivity contribution in [3.8, 4) is 11.1 Å². The van der Waals surface area contributed by atoms with Crippen LogP contribution in [-0.4, -0.2) is 58.9 Å². The van der Waals surface area contributed by atoms with Crippen molar-refractivity contribution < 1.29 is 32.9 Å². The summed E-state index contributed by atoms with van der Waals surface area (Å²) in [7, 11) is 0. The maximum Gasteiger partial charge on any atom is 0.416 e. The Hall–Kier alpha value is -3.05. The molecular formula is C24H24F3N4O3S+. The molecule has 35 heavy (non-hydrogen) atoms. The second-order valence-electron chi connectivity index (χ2n) is 8.95. The molecule has 3 aliphatic heterocycles. The molecule has 0 radical (unpaired) electrons. The highest BCUT2D eigenvalue weighted by Crippen LogP contribution is 2.35. The van der Waals surface area contributed by atoms with Crippen molar-refractivity contribution in [2.45, 2.75) is 37.1 Å². The number of carbonyl (C=O) groups excluding carboxylic acids is 3. The number of piperidine rings is 1. The number of rotatable bonds is 3. The lowest BCUT2D eigenvalue weighted by molar-refractivity contribution is -0.648. The zero-order valence-corrected chi connectivity index (χ0v) is 19.4. The van der Waals surface area contributed by atoms with Gasteiger partial charge in [0, 0.05) is 12.6 Å². The number of anilines is 1. The number of halogens is 3. The summed E-state index contributed by atoms with van der Waals surface area (Å²) in [4.78, 5) is 40.4. The Morgan fingerprint density at radius 2 is 1.94 bits per heavy atom. The monoisotopic (exact) mass is 505 g/mol. The van der Waals surface area contributed by atoms with Crippen LogP contribution in [0, 0.1) is 0 Å². The highest BCUT2D eigenvalue weighted by Gasteiger charge is 2.41. The molecule has 2 aromatic rings. The minimum atomic E-state index is -4.48. The van der Waals surface area contributed by atoms with Crippen molar-refractivity contribution in [2.75, 3.05) is 23.5 Å². The van der Waals surface area contributed by atoms with Gasteiger partial charge >= 0.3 is 6.18 Å². The topological polar surface area (TPSA) is 95.1 Å². The van der Waals surface area contributed by atoms with Gasteiger partial charge in [-0.2, -0.15) is 13.2 Å². The normalized spacial score (nSPS) is 24.3. The number of benzene rings is 2. The first-order chi connectivity index (χ1) is 16.7. The predicted molar refractivity (Wildman–Crippen MR) is 125 cm³/mol. The molecule has 2 fully saturated rings. The number of hydrogen-bond acceptors (Lipinski definition) is 4. The lowest BCUT2D eigenvalue weighted by Gasteiger charge is -2.37. The Kier molecular flexibility index (Phi) is 6.22. The molecule has 184 valence electrons. The summed E-state index contributed by atoms with van der Waals surface area (Å²) >= 11 is 1.70. The summed E-state index contributed by atoms with van der Waals surface area (Å²) in [5.41, 5.74) is 0.552. The quantitative estimate of drug-likeness (QED) is 0.595. The van der Waals surface area contributed by atoms with E-state index in [0.29, 0.717) is 29.7 Å². The number of nitrogens with one attached hydrogen (secondary N) is 2. The SMILES string of the molecule is O=C(N[C@H]1CCN2C(=O)c3cc(-c4cccc(C(F)(F)F)c4)ccc3NC(=O)[C@@H]2C1)[C@@H]1CSC[NH2+]1. The van der Waals surface area contributed by atoms with E-state index in [-0.39, 0.29) is 41.9 Å². The number of alkyl halides is 3. The average Bonchev–Trinajstić information content (AvgIpc) is 3.36. The van der Waals surface area contributed by atoms with Gasteiger partial charge in [-0.15, -0.1) is 0 Å². The third-order valence-electron chi connectivity index (χ3n) is 6.68. The molecule has 0 saturated carbocycles. The largest absolute Gasteiger partial charge is 0.416 e. The maximum atomic E-state index is 13.4. The highest BCUT2D eigenvalue weighted by molar-refractivity contribution is 7.99. The van der Waals surface area contributed by atoms with Gasteiger partial charge in [-0.25, -0.2) is 0 Å². The lowest BCUT2D eigenvalue weighted by atomic mass is 9.95. The zero-order valence-electron chi connectivity index (χ0n) is 18.6. The first-order valence-electron chi connectivity index (χ1n) is 11.4. The van der Waals surface area contributed by atoms with Crippen molar-refractivity contribution in [2.24, 2.45) is 0 Å². The fourth-order valence-corrected chi connectivity index (χ4v) is 5.83. The van der Waals surface area contributed by atoms with Crippen molar-refractivity contribution in [3.63, 3.8) is 0 Å². The number of amides is 3. The van der Waals surface area contributed by atoms with Crippen LogP contribution in [0.2, 0.25) is 0 Å². The van der Waals surface area contributed by atoms with E-state index in [1.54, 1.807) is 30.0 Å². The number of fused-ring (bicyclic) bond motifs is 2. The predicted octanol–water partition coefficient (Wildman–Crippen LogP) is 2.05. The van der Waals surface area contributed by atoms with Crippen LogP contribution in [0.5, 0.6) is 0 Å². The van der Waals surface area contributed by atoms with Gasteiger partial charge in [0.15, 0.2) is 6.04 Å². The Morgan fingerprint density at radius 1 is 1.14 bits per heavy atom. The van der Waals surface area contributed by atoms with Crippen LogP contribution in [0.3, 0.4) is 0 Å². The molecule has 4 N–H and O–H groups in total. The number of thioether (sulfide) groups is 1. The molecule has 0 aliphatic carbocycles. The van der Waals surface area contributed by atoms with Gasteiger partial charge in [0.25, 0.3) is 11.8 Å².